The molecule has 1 aromatic heterocycles. The van der Waals surface area contributed by atoms with Crippen molar-refractivity contribution in [1.29, 1.82) is 0 Å². The molecule has 5 heteroatoms. The van der Waals surface area contributed by atoms with Gasteiger partial charge in [-0.3, -0.25) is 4.79 Å². The van der Waals surface area contributed by atoms with Crippen LogP contribution in [0.4, 0.5) is 5.82 Å². The Balaban J connectivity index is 1.67. The Hall–Kier alpha value is -1.65. The third kappa shape index (κ3) is 2.38. The van der Waals surface area contributed by atoms with Gasteiger partial charge in [0.05, 0.1) is 0 Å². The SMILES string of the molecule is Nc1ccc(C(=O)NC(C2CC2)C2CC2)nn1. The van der Waals surface area contributed by atoms with Gasteiger partial charge in [0, 0.05) is 6.04 Å². The number of anilines is 1. The van der Waals surface area contributed by atoms with Crippen LogP contribution in [0.1, 0.15) is 36.2 Å². The standard InChI is InChI=1S/C12H16N4O/c13-10-6-5-9(15-16-10)12(17)14-11(7-1-2-7)8-3-4-8/h5-8,11H,1-4H2,(H2,13,16)(H,14,17). The molecule has 0 bridgehead atoms. The fraction of sp³-hybridized carbons (Fsp3) is 0.583. The van der Waals surface area contributed by atoms with Gasteiger partial charge in [-0.15, -0.1) is 10.2 Å². The van der Waals surface area contributed by atoms with Crippen molar-refractivity contribution in [3.63, 3.8) is 0 Å². The highest BCUT2D eigenvalue weighted by Gasteiger charge is 2.42. The molecule has 2 aliphatic carbocycles. The summed E-state index contributed by atoms with van der Waals surface area (Å²) in [6, 6.07) is 3.57. The number of aromatic nitrogens is 2. The summed E-state index contributed by atoms with van der Waals surface area (Å²) in [4.78, 5) is 12.0. The summed E-state index contributed by atoms with van der Waals surface area (Å²) in [7, 11) is 0. The second-order valence-electron chi connectivity index (χ2n) is 5.02. The first-order valence-corrected chi connectivity index (χ1v) is 6.14. The predicted octanol–water partition coefficient (Wildman–Crippen LogP) is 0.977. The molecule has 2 aliphatic rings. The van der Waals surface area contributed by atoms with Crippen LogP contribution in [0, 0.1) is 11.8 Å². The molecule has 0 aliphatic heterocycles. The van der Waals surface area contributed by atoms with Gasteiger partial charge in [0.25, 0.3) is 5.91 Å². The molecule has 1 aromatic rings. The van der Waals surface area contributed by atoms with E-state index >= 15 is 0 Å². The summed E-state index contributed by atoms with van der Waals surface area (Å²) in [6.07, 6.45) is 4.98. The Morgan fingerprint density at radius 2 is 1.88 bits per heavy atom. The van der Waals surface area contributed by atoms with Crippen LogP contribution in [0.15, 0.2) is 12.1 Å². The van der Waals surface area contributed by atoms with Gasteiger partial charge in [0.1, 0.15) is 5.82 Å². The number of nitrogens with zero attached hydrogens (tertiary/aromatic N) is 2. The van der Waals surface area contributed by atoms with Crippen molar-refractivity contribution in [2.75, 3.05) is 5.73 Å². The van der Waals surface area contributed by atoms with Crippen molar-refractivity contribution in [3.8, 4) is 0 Å². The summed E-state index contributed by atoms with van der Waals surface area (Å²) < 4.78 is 0. The van der Waals surface area contributed by atoms with Crippen molar-refractivity contribution < 1.29 is 4.79 Å². The molecule has 1 amide bonds. The Morgan fingerprint density at radius 3 is 2.35 bits per heavy atom. The lowest BCUT2D eigenvalue weighted by Crippen LogP contribution is -2.38. The van der Waals surface area contributed by atoms with E-state index in [2.05, 4.69) is 15.5 Å². The number of hydrogen-bond donors (Lipinski definition) is 2. The highest BCUT2D eigenvalue weighted by molar-refractivity contribution is 5.92. The molecule has 2 fully saturated rings. The fourth-order valence-electron chi connectivity index (χ4n) is 2.22. The topological polar surface area (TPSA) is 80.9 Å². The van der Waals surface area contributed by atoms with Crippen LogP contribution in [0.2, 0.25) is 0 Å². The number of nitrogens with two attached hydrogens (primary N) is 1. The molecule has 0 atom stereocenters. The van der Waals surface area contributed by atoms with Crippen molar-refractivity contribution in [1.82, 2.24) is 15.5 Å². The van der Waals surface area contributed by atoms with Crippen LogP contribution < -0.4 is 11.1 Å². The van der Waals surface area contributed by atoms with Crippen LogP contribution in [-0.2, 0) is 0 Å². The summed E-state index contributed by atoms with van der Waals surface area (Å²) >= 11 is 0. The van der Waals surface area contributed by atoms with Gasteiger partial charge < -0.3 is 11.1 Å². The van der Waals surface area contributed by atoms with E-state index in [-0.39, 0.29) is 5.91 Å². The highest BCUT2D eigenvalue weighted by atomic mass is 16.2. The van der Waals surface area contributed by atoms with E-state index in [0.29, 0.717) is 29.4 Å². The number of carbonyl (C=O) groups excluding carboxylic acids is 1. The van der Waals surface area contributed by atoms with Crippen molar-refractivity contribution >= 4 is 11.7 Å². The molecule has 1 heterocycles. The molecule has 0 radical (unpaired) electrons. The quantitative estimate of drug-likeness (QED) is 0.810. The van der Waals surface area contributed by atoms with Crippen LogP contribution >= 0.6 is 0 Å². The molecule has 3 N–H and O–H groups in total. The number of amides is 1. The van der Waals surface area contributed by atoms with E-state index in [1.807, 2.05) is 0 Å². The second-order valence-corrected chi connectivity index (χ2v) is 5.02. The van der Waals surface area contributed by atoms with E-state index in [1.165, 1.54) is 25.7 Å². The number of hydrogen-bond acceptors (Lipinski definition) is 4. The first kappa shape index (κ1) is 10.5. The molecule has 2 saturated carbocycles. The number of nitrogen functional groups attached to an aromatic ring is 1. The third-order valence-electron chi connectivity index (χ3n) is 3.48. The van der Waals surface area contributed by atoms with E-state index in [1.54, 1.807) is 12.1 Å². The summed E-state index contributed by atoms with van der Waals surface area (Å²) in [5.74, 6) is 1.59. The lowest BCUT2D eigenvalue weighted by molar-refractivity contribution is 0.0920. The van der Waals surface area contributed by atoms with Crippen molar-refractivity contribution in [2.45, 2.75) is 31.7 Å². The fourth-order valence-corrected chi connectivity index (χ4v) is 2.22. The minimum atomic E-state index is -0.124. The number of rotatable bonds is 4. The monoisotopic (exact) mass is 232 g/mol. The first-order chi connectivity index (χ1) is 8.24. The number of nitrogens with one attached hydrogen (secondary N) is 1. The van der Waals surface area contributed by atoms with Gasteiger partial charge in [0.15, 0.2) is 5.69 Å². The first-order valence-electron chi connectivity index (χ1n) is 6.14. The Labute approximate surface area is 99.8 Å². The van der Waals surface area contributed by atoms with Gasteiger partial charge in [-0.05, 0) is 49.7 Å². The maximum Gasteiger partial charge on any atom is 0.272 e. The maximum atomic E-state index is 12.0. The molecule has 5 nitrogen and oxygen atoms in total. The molecular formula is C12H16N4O. The molecule has 17 heavy (non-hydrogen) atoms. The third-order valence-corrected chi connectivity index (χ3v) is 3.48. The largest absolute Gasteiger partial charge is 0.382 e. The van der Waals surface area contributed by atoms with Crippen molar-refractivity contribution in [3.05, 3.63) is 17.8 Å². The molecular weight excluding hydrogens is 216 g/mol. The number of carbonyl (C=O) groups is 1. The van der Waals surface area contributed by atoms with Crippen LogP contribution in [0.25, 0.3) is 0 Å². The second kappa shape index (κ2) is 3.98. The zero-order valence-corrected chi connectivity index (χ0v) is 9.60. The van der Waals surface area contributed by atoms with Gasteiger partial charge in [-0.2, -0.15) is 0 Å². The van der Waals surface area contributed by atoms with Gasteiger partial charge >= 0.3 is 0 Å². The Kier molecular flexibility index (Phi) is 2.46. The van der Waals surface area contributed by atoms with Crippen molar-refractivity contribution in [2.24, 2.45) is 11.8 Å². The van der Waals surface area contributed by atoms with Crippen LogP contribution in [0.3, 0.4) is 0 Å². The predicted molar refractivity (Wildman–Crippen MR) is 63.1 cm³/mol. The molecule has 0 spiro atoms. The Bertz CT molecular complexity index is 411. The van der Waals surface area contributed by atoms with Gasteiger partial charge in [0.2, 0.25) is 0 Å². The molecule has 0 unspecified atom stereocenters. The highest BCUT2D eigenvalue weighted by Crippen LogP contribution is 2.44. The summed E-state index contributed by atoms with van der Waals surface area (Å²) in [6.45, 7) is 0. The zero-order valence-electron chi connectivity index (χ0n) is 9.60. The minimum Gasteiger partial charge on any atom is -0.382 e. The lowest BCUT2D eigenvalue weighted by atomic mass is 10.1. The summed E-state index contributed by atoms with van der Waals surface area (Å²) in [5.41, 5.74) is 5.79. The van der Waals surface area contributed by atoms with E-state index < -0.39 is 0 Å². The molecule has 0 aromatic carbocycles. The average molecular weight is 232 g/mol. The van der Waals surface area contributed by atoms with Gasteiger partial charge in [-0.25, -0.2) is 0 Å². The normalized spacial score (nSPS) is 19.4. The average Bonchev–Trinajstić information content (AvgIpc) is 3.17. The Morgan fingerprint density at radius 1 is 1.24 bits per heavy atom. The molecule has 3 rings (SSSR count). The van der Waals surface area contributed by atoms with Crippen LogP contribution in [-0.4, -0.2) is 22.1 Å². The minimum absolute atomic E-state index is 0.124. The zero-order chi connectivity index (χ0) is 11.8. The van der Waals surface area contributed by atoms with Crippen LogP contribution in [0.5, 0.6) is 0 Å². The molecule has 0 saturated heterocycles. The summed E-state index contributed by atoms with van der Waals surface area (Å²) in [5, 5.41) is 10.6. The van der Waals surface area contributed by atoms with E-state index in [4.69, 9.17) is 5.73 Å². The van der Waals surface area contributed by atoms with E-state index in [9.17, 15) is 4.79 Å². The lowest BCUT2D eigenvalue weighted by Gasteiger charge is -2.16. The molecule has 90 valence electrons. The van der Waals surface area contributed by atoms with E-state index in [0.717, 1.165) is 0 Å². The van der Waals surface area contributed by atoms with Gasteiger partial charge in [-0.1, -0.05) is 0 Å². The maximum absolute atomic E-state index is 12.0. The smallest absolute Gasteiger partial charge is 0.272 e.